The van der Waals surface area contributed by atoms with Crippen molar-refractivity contribution < 1.29 is 0 Å². The second-order valence-corrected chi connectivity index (χ2v) is 3.47. The molecule has 0 bridgehead atoms. The molecule has 0 fully saturated rings. The van der Waals surface area contributed by atoms with Crippen molar-refractivity contribution in [2.24, 2.45) is 0 Å². The zero-order valence-corrected chi connectivity index (χ0v) is 7.80. The second kappa shape index (κ2) is 3.20. The fourth-order valence-electron chi connectivity index (χ4n) is 1.28. The minimum absolute atomic E-state index is 0.430. The van der Waals surface area contributed by atoms with Crippen LogP contribution in [-0.2, 0) is 0 Å². The van der Waals surface area contributed by atoms with E-state index in [4.69, 9.17) is 0 Å². The number of nitrogens with zero attached hydrogens (tertiary/aromatic N) is 1. The molecule has 2 heteroatoms. The Labute approximate surface area is 74.4 Å². The highest BCUT2D eigenvalue weighted by molar-refractivity contribution is 7.19. The van der Waals surface area contributed by atoms with Crippen molar-refractivity contribution in [2.45, 2.75) is 5.66 Å². The van der Waals surface area contributed by atoms with Crippen LogP contribution in [-0.4, -0.2) is 10.6 Å². The number of rotatable bonds is 1. The lowest BCUT2D eigenvalue weighted by Crippen LogP contribution is -1.95. The summed E-state index contributed by atoms with van der Waals surface area (Å²) in [6, 6.07) is 5.99. The van der Waals surface area contributed by atoms with Gasteiger partial charge in [-0.05, 0) is 17.7 Å². The summed E-state index contributed by atoms with van der Waals surface area (Å²) in [5.41, 5.74) is 2.78. The van der Waals surface area contributed by atoms with E-state index in [1.54, 1.807) is 0 Å². The van der Waals surface area contributed by atoms with Gasteiger partial charge in [-0.3, -0.25) is 4.98 Å². The van der Waals surface area contributed by atoms with Gasteiger partial charge in [0.1, 0.15) is 0 Å². The van der Waals surface area contributed by atoms with Gasteiger partial charge in [0.2, 0.25) is 0 Å². The molecule has 0 spiro atoms. The summed E-state index contributed by atoms with van der Waals surface area (Å²) >= 11 is 0. The molecule has 0 N–H and O–H groups in total. The van der Waals surface area contributed by atoms with E-state index in [1.165, 1.54) is 5.57 Å². The summed E-state index contributed by atoms with van der Waals surface area (Å²) < 4.78 is 0. The minimum atomic E-state index is 0.430. The highest BCUT2D eigenvalue weighted by atomic mass is 31.0. The molecule has 1 heterocycles. The fraction of sp³-hybridized carbons (Fsp3) is 0.100. The first-order valence-corrected chi connectivity index (χ1v) is 4.60. The molecule has 60 valence electrons. The molecular formula is C10H10NP. The molecule has 2 atom stereocenters. The van der Waals surface area contributed by atoms with Crippen LogP contribution in [0.2, 0.25) is 0 Å². The third kappa shape index (κ3) is 1.33. The monoisotopic (exact) mass is 175 g/mol. The second-order valence-electron chi connectivity index (χ2n) is 2.75. The van der Waals surface area contributed by atoms with Gasteiger partial charge >= 0.3 is 0 Å². The molecule has 2 unspecified atom stereocenters. The van der Waals surface area contributed by atoms with Gasteiger partial charge in [0.05, 0.1) is 5.69 Å². The Hall–Kier alpha value is -0.940. The van der Waals surface area contributed by atoms with Crippen molar-refractivity contribution in [2.75, 3.05) is 0 Å². The standard InChI is InChI=1S/C10H10NP/c12-10-6-3-4-8(10)9-5-1-2-7-11-9/h1-7,10H,12H2. The van der Waals surface area contributed by atoms with Crippen LogP contribution in [0.15, 0.2) is 42.6 Å². The number of allylic oxidation sites excluding steroid dienone is 4. The predicted octanol–water partition coefficient (Wildman–Crippen LogP) is 2.28. The highest BCUT2D eigenvalue weighted by Gasteiger charge is 2.11. The van der Waals surface area contributed by atoms with Crippen LogP contribution in [0.5, 0.6) is 0 Å². The number of pyridine rings is 1. The van der Waals surface area contributed by atoms with Crippen LogP contribution in [0.3, 0.4) is 0 Å². The van der Waals surface area contributed by atoms with E-state index in [9.17, 15) is 0 Å². The van der Waals surface area contributed by atoms with Crippen molar-refractivity contribution in [1.82, 2.24) is 4.98 Å². The first kappa shape index (κ1) is 7.70. The summed E-state index contributed by atoms with van der Waals surface area (Å²) in [5, 5.41) is 0. The number of hydrogen-bond donors (Lipinski definition) is 0. The Morgan fingerprint density at radius 3 is 2.83 bits per heavy atom. The Morgan fingerprint density at radius 1 is 1.33 bits per heavy atom. The maximum Gasteiger partial charge on any atom is 0.0671 e. The van der Waals surface area contributed by atoms with E-state index in [0.29, 0.717) is 5.66 Å². The molecule has 0 amide bonds. The zero-order chi connectivity index (χ0) is 8.39. The van der Waals surface area contributed by atoms with Gasteiger partial charge in [-0.1, -0.05) is 24.3 Å². The van der Waals surface area contributed by atoms with Gasteiger partial charge in [-0.25, -0.2) is 0 Å². The highest BCUT2D eigenvalue weighted by Crippen LogP contribution is 2.27. The van der Waals surface area contributed by atoms with E-state index < -0.39 is 0 Å². The molecule has 0 aromatic carbocycles. The van der Waals surface area contributed by atoms with Crippen LogP contribution in [0.25, 0.3) is 5.57 Å². The van der Waals surface area contributed by atoms with Gasteiger partial charge in [-0.2, -0.15) is 0 Å². The Balaban J connectivity index is 2.34. The van der Waals surface area contributed by atoms with Gasteiger partial charge in [0, 0.05) is 11.9 Å². The topological polar surface area (TPSA) is 12.9 Å². The number of aromatic nitrogens is 1. The molecule has 0 saturated carbocycles. The quantitative estimate of drug-likeness (QED) is 0.596. The average molecular weight is 175 g/mol. The van der Waals surface area contributed by atoms with Crippen molar-refractivity contribution in [1.29, 1.82) is 0 Å². The molecule has 0 saturated heterocycles. The molecule has 0 aliphatic heterocycles. The van der Waals surface area contributed by atoms with Crippen molar-refractivity contribution in [3.8, 4) is 0 Å². The first-order chi connectivity index (χ1) is 5.88. The largest absolute Gasteiger partial charge is 0.257 e. The summed E-state index contributed by atoms with van der Waals surface area (Å²) in [7, 11) is 2.79. The lowest BCUT2D eigenvalue weighted by molar-refractivity contribution is 1.25. The van der Waals surface area contributed by atoms with Crippen LogP contribution in [0.4, 0.5) is 0 Å². The molecule has 0 radical (unpaired) electrons. The van der Waals surface area contributed by atoms with Crippen LogP contribution in [0, 0.1) is 0 Å². The van der Waals surface area contributed by atoms with Crippen molar-refractivity contribution in [3.63, 3.8) is 0 Å². The summed E-state index contributed by atoms with van der Waals surface area (Å²) in [4.78, 5) is 4.29. The van der Waals surface area contributed by atoms with E-state index in [1.807, 2.05) is 24.4 Å². The van der Waals surface area contributed by atoms with Gasteiger partial charge in [0.15, 0.2) is 0 Å². The molecule has 1 aromatic rings. The van der Waals surface area contributed by atoms with Crippen LogP contribution in [0.1, 0.15) is 5.69 Å². The molecule has 1 aliphatic rings. The molecule has 1 aromatic heterocycles. The molecule has 1 nitrogen and oxygen atoms in total. The maximum atomic E-state index is 4.29. The van der Waals surface area contributed by atoms with Crippen LogP contribution < -0.4 is 0 Å². The van der Waals surface area contributed by atoms with E-state index >= 15 is 0 Å². The molecule has 12 heavy (non-hydrogen) atoms. The zero-order valence-electron chi connectivity index (χ0n) is 6.64. The number of hydrogen-bond acceptors (Lipinski definition) is 1. The van der Waals surface area contributed by atoms with Crippen molar-refractivity contribution in [3.05, 3.63) is 48.3 Å². The Morgan fingerprint density at radius 2 is 2.25 bits per heavy atom. The predicted molar refractivity (Wildman–Crippen MR) is 54.9 cm³/mol. The third-order valence-electron chi connectivity index (χ3n) is 1.91. The van der Waals surface area contributed by atoms with E-state index in [2.05, 4.69) is 32.5 Å². The Bertz CT molecular complexity index is 327. The first-order valence-electron chi connectivity index (χ1n) is 3.93. The van der Waals surface area contributed by atoms with E-state index in [0.717, 1.165) is 5.69 Å². The maximum absolute atomic E-state index is 4.29. The van der Waals surface area contributed by atoms with Gasteiger partial charge in [-0.15, -0.1) is 9.24 Å². The molecule has 1 aliphatic carbocycles. The molecule has 2 rings (SSSR count). The average Bonchev–Trinajstić information content (AvgIpc) is 2.53. The minimum Gasteiger partial charge on any atom is -0.257 e. The van der Waals surface area contributed by atoms with Crippen molar-refractivity contribution >= 4 is 14.8 Å². The third-order valence-corrected chi connectivity index (χ3v) is 2.50. The summed E-state index contributed by atoms with van der Waals surface area (Å²) in [6.07, 6.45) is 8.15. The summed E-state index contributed by atoms with van der Waals surface area (Å²) in [6.45, 7) is 0. The normalized spacial score (nSPS) is 21.1. The smallest absolute Gasteiger partial charge is 0.0671 e. The SMILES string of the molecule is PC1C=CC=C1c1ccccn1. The van der Waals surface area contributed by atoms with E-state index in [-0.39, 0.29) is 0 Å². The van der Waals surface area contributed by atoms with Gasteiger partial charge in [0.25, 0.3) is 0 Å². The van der Waals surface area contributed by atoms with Gasteiger partial charge < -0.3 is 0 Å². The van der Waals surface area contributed by atoms with Crippen LogP contribution >= 0.6 is 9.24 Å². The fourth-order valence-corrected chi connectivity index (χ4v) is 1.69. The lowest BCUT2D eigenvalue weighted by atomic mass is 10.1. The Kier molecular flexibility index (Phi) is 2.05. The lowest BCUT2D eigenvalue weighted by Gasteiger charge is -2.05. The summed E-state index contributed by atoms with van der Waals surface area (Å²) in [5.74, 6) is 0. The molecular weight excluding hydrogens is 165 g/mol.